The lowest BCUT2D eigenvalue weighted by Crippen LogP contribution is -1.98. The van der Waals surface area contributed by atoms with Crippen molar-refractivity contribution < 1.29 is 0 Å². The SMILES string of the molecule is c1ccc(-c2nc3ccccc3n2-c2ccc(-c3c4ccccc4c(-c4cc5cccc6c7cccc8ccc9cccc(c%10cccc4c%10c56)c9c87)c4ccccc34)cc2)cc1. The van der Waals surface area contributed by atoms with E-state index in [9.17, 15) is 0 Å². The van der Waals surface area contributed by atoms with Crippen LogP contribution in [0.4, 0.5) is 0 Å². The number of nitrogens with zero attached hydrogens (tertiary/aromatic N) is 2. The number of rotatable bonds is 4. The van der Waals surface area contributed by atoms with E-state index in [4.69, 9.17) is 4.98 Å². The van der Waals surface area contributed by atoms with Crippen LogP contribution in [0.25, 0.3) is 137 Å². The van der Waals surface area contributed by atoms with Gasteiger partial charge < -0.3 is 0 Å². The van der Waals surface area contributed by atoms with Gasteiger partial charge in [-0.2, -0.15) is 0 Å². The number of aromatic nitrogens is 2. The third kappa shape index (κ3) is 4.86. The van der Waals surface area contributed by atoms with Crippen LogP contribution in [0.1, 0.15) is 0 Å². The molecule has 0 saturated carbocycles. The van der Waals surface area contributed by atoms with Gasteiger partial charge in [-0.15, -0.1) is 0 Å². The van der Waals surface area contributed by atoms with Gasteiger partial charge in [-0.3, -0.25) is 4.57 Å². The van der Waals surface area contributed by atoms with Gasteiger partial charge in [0, 0.05) is 11.3 Å². The van der Waals surface area contributed by atoms with E-state index in [1.807, 2.05) is 0 Å². The van der Waals surface area contributed by atoms with Crippen molar-refractivity contribution in [1.29, 1.82) is 0 Å². The fourth-order valence-corrected chi connectivity index (χ4v) is 11.1. The Balaban J connectivity index is 1.05. The fraction of sp³-hybridized carbons (Fsp3) is 0. The summed E-state index contributed by atoms with van der Waals surface area (Å²) < 4.78 is 2.29. The largest absolute Gasteiger partial charge is 0.292 e. The topological polar surface area (TPSA) is 17.8 Å². The highest BCUT2D eigenvalue weighted by Gasteiger charge is 2.22. The van der Waals surface area contributed by atoms with Crippen LogP contribution >= 0.6 is 0 Å². The van der Waals surface area contributed by atoms with Crippen molar-refractivity contribution in [1.82, 2.24) is 9.55 Å². The number of fused-ring (bicyclic) bond motifs is 5. The Morgan fingerprint density at radius 2 is 0.778 bits per heavy atom. The van der Waals surface area contributed by atoms with E-state index in [0.717, 1.165) is 28.1 Å². The molecule has 0 aliphatic heterocycles. The van der Waals surface area contributed by atoms with Gasteiger partial charge in [0.05, 0.1) is 11.0 Å². The minimum atomic E-state index is 0.937. The molecule has 1 aromatic heterocycles. The van der Waals surface area contributed by atoms with Crippen LogP contribution in [-0.4, -0.2) is 9.55 Å². The Kier molecular flexibility index (Phi) is 7.14. The van der Waals surface area contributed by atoms with Gasteiger partial charge in [0.2, 0.25) is 0 Å². The van der Waals surface area contributed by atoms with Crippen molar-refractivity contribution in [2.24, 2.45) is 0 Å². The predicted octanol–water partition coefficient (Wildman–Crippen LogP) is 16.7. The molecule has 0 aliphatic rings. The van der Waals surface area contributed by atoms with Crippen molar-refractivity contribution in [3.63, 3.8) is 0 Å². The summed E-state index contributed by atoms with van der Waals surface area (Å²) in [5, 5.41) is 20.5. The summed E-state index contributed by atoms with van der Waals surface area (Å²) in [6, 6.07) is 80.7. The lowest BCUT2D eigenvalue weighted by molar-refractivity contribution is 1.10. The Bertz CT molecular complexity index is 4120. The Morgan fingerprint density at radius 1 is 0.302 bits per heavy atom. The van der Waals surface area contributed by atoms with Gasteiger partial charge in [0.25, 0.3) is 0 Å². The molecule has 14 rings (SSSR count). The molecule has 2 nitrogen and oxygen atoms in total. The molecule has 0 aliphatic carbocycles. The molecule has 1 heterocycles. The molecule has 0 fully saturated rings. The zero-order valence-electron chi connectivity index (χ0n) is 34.2. The summed E-state index contributed by atoms with van der Waals surface area (Å²) >= 11 is 0. The second-order valence-corrected chi connectivity index (χ2v) is 16.9. The summed E-state index contributed by atoms with van der Waals surface area (Å²) in [5.41, 5.74) is 9.19. The van der Waals surface area contributed by atoms with E-state index < -0.39 is 0 Å². The smallest absolute Gasteiger partial charge is 0.145 e. The average molecular weight is 797 g/mol. The zero-order valence-corrected chi connectivity index (χ0v) is 34.2. The highest BCUT2D eigenvalue weighted by molar-refractivity contribution is 6.39. The number of hydrogen-bond acceptors (Lipinski definition) is 1. The Morgan fingerprint density at radius 3 is 1.41 bits per heavy atom. The van der Waals surface area contributed by atoms with Crippen LogP contribution in [0.3, 0.4) is 0 Å². The Labute approximate surface area is 362 Å². The molecule has 0 spiro atoms. The molecule has 13 aromatic carbocycles. The van der Waals surface area contributed by atoms with Crippen LogP contribution < -0.4 is 0 Å². The van der Waals surface area contributed by atoms with Crippen LogP contribution in [0.5, 0.6) is 0 Å². The summed E-state index contributed by atoms with van der Waals surface area (Å²) in [6.45, 7) is 0. The van der Waals surface area contributed by atoms with Gasteiger partial charge in [-0.1, -0.05) is 188 Å². The maximum Gasteiger partial charge on any atom is 0.145 e. The van der Waals surface area contributed by atoms with Crippen LogP contribution in [0, 0.1) is 0 Å². The highest BCUT2D eigenvalue weighted by atomic mass is 15.1. The van der Waals surface area contributed by atoms with Gasteiger partial charge in [0.1, 0.15) is 5.82 Å². The molecule has 2 heteroatoms. The maximum absolute atomic E-state index is 5.12. The van der Waals surface area contributed by atoms with Crippen LogP contribution in [0.2, 0.25) is 0 Å². The fourth-order valence-electron chi connectivity index (χ4n) is 11.1. The van der Waals surface area contributed by atoms with E-state index in [-0.39, 0.29) is 0 Å². The Hall–Kier alpha value is -8.33. The van der Waals surface area contributed by atoms with Gasteiger partial charge >= 0.3 is 0 Å². The zero-order chi connectivity index (χ0) is 41.2. The van der Waals surface area contributed by atoms with Crippen LogP contribution in [-0.2, 0) is 0 Å². The van der Waals surface area contributed by atoms with E-state index >= 15 is 0 Å². The monoisotopic (exact) mass is 796 g/mol. The van der Waals surface area contributed by atoms with Crippen molar-refractivity contribution in [2.45, 2.75) is 0 Å². The molecular weight excluding hydrogens is 761 g/mol. The number of para-hydroxylation sites is 2. The molecule has 0 unspecified atom stereocenters. The first-order chi connectivity index (χ1) is 31.3. The van der Waals surface area contributed by atoms with Crippen molar-refractivity contribution >= 4 is 97.2 Å². The third-order valence-electron chi connectivity index (χ3n) is 13.7. The quantitative estimate of drug-likeness (QED) is 0.128. The summed E-state index contributed by atoms with van der Waals surface area (Å²) in [7, 11) is 0. The summed E-state index contributed by atoms with van der Waals surface area (Å²) in [6.07, 6.45) is 0. The lowest BCUT2D eigenvalue weighted by Gasteiger charge is -2.21. The molecule has 0 atom stereocenters. The van der Waals surface area contributed by atoms with Crippen molar-refractivity contribution in [2.75, 3.05) is 0 Å². The average Bonchev–Trinajstić information content (AvgIpc) is 3.74. The van der Waals surface area contributed by atoms with Gasteiger partial charge in [-0.05, 0) is 139 Å². The number of imidazole rings is 1. The second-order valence-electron chi connectivity index (χ2n) is 16.9. The molecule has 0 bridgehead atoms. The number of benzene rings is 12. The lowest BCUT2D eigenvalue weighted by atomic mass is 9.82. The predicted molar refractivity (Wildman–Crippen MR) is 269 cm³/mol. The molecule has 14 aromatic rings. The van der Waals surface area contributed by atoms with Gasteiger partial charge in [-0.25, -0.2) is 4.98 Å². The maximum atomic E-state index is 5.12. The van der Waals surface area contributed by atoms with Crippen molar-refractivity contribution in [3.05, 3.63) is 218 Å². The van der Waals surface area contributed by atoms with E-state index in [1.54, 1.807) is 0 Å². The molecular formula is C61H36N2. The molecule has 0 N–H and O–H groups in total. The minimum Gasteiger partial charge on any atom is -0.292 e. The first-order valence-electron chi connectivity index (χ1n) is 21.8. The standard InChI is InChI=1S/C61H36N2/c1-2-14-40(15-3-1)61-62-53-28-8-9-29-54(53)63(61)42-34-32-39(33-35-42)55-43-19-4-6-21-48(43)59(49-22-7-5-20-44(49)55)52-36-41-18-12-25-46-45-23-10-16-37-30-31-38-17-11-24-47(57(38)56(37)45)50-26-13-27-51(52)60(50)58(41)46/h1-36H. The summed E-state index contributed by atoms with van der Waals surface area (Å²) in [5.74, 6) is 0.937. The molecule has 0 radical (unpaired) electrons. The first kappa shape index (κ1) is 34.4. The van der Waals surface area contributed by atoms with Crippen molar-refractivity contribution in [3.8, 4) is 39.3 Å². The van der Waals surface area contributed by atoms with E-state index in [2.05, 4.69) is 223 Å². The van der Waals surface area contributed by atoms with Crippen LogP contribution in [0.15, 0.2) is 218 Å². The number of hydrogen-bond donors (Lipinski definition) is 0. The second kappa shape index (κ2) is 13.1. The first-order valence-corrected chi connectivity index (χ1v) is 21.8. The van der Waals surface area contributed by atoms with E-state index in [1.165, 1.54) is 108 Å². The summed E-state index contributed by atoms with van der Waals surface area (Å²) in [4.78, 5) is 5.12. The highest BCUT2D eigenvalue weighted by Crippen LogP contribution is 2.50. The molecule has 290 valence electrons. The molecule has 0 amide bonds. The minimum absolute atomic E-state index is 0.937. The van der Waals surface area contributed by atoms with E-state index in [0.29, 0.717) is 0 Å². The van der Waals surface area contributed by atoms with Gasteiger partial charge in [0.15, 0.2) is 0 Å². The normalized spacial score (nSPS) is 12.1. The molecule has 0 saturated heterocycles. The third-order valence-corrected chi connectivity index (χ3v) is 13.7. The molecule has 63 heavy (non-hydrogen) atoms.